The molecule has 0 aliphatic rings. The predicted molar refractivity (Wildman–Crippen MR) is 62.9 cm³/mol. The molecule has 2 nitrogen and oxygen atoms in total. The van der Waals surface area contributed by atoms with Crippen LogP contribution in [0.1, 0.15) is 41.6 Å². The molecular formula is C13H17F2NO. The second kappa shape index (κ2) is 6.45. The van der Waals surface area contributed by atoms with Crippen LogP contribution in [0.4, 0.5) is 8.78 Å². The first-order chi connectivity index (χ1) is 8.07. The Morgan fingerprint density at radius 1 is 1.18 bits per heavy atom. The molecule has 0 heterocycles. The lowest BCUT2D eigenvalue weighted by molar-refractivity contribution is 0.0974. The number of Topliss-reactive ketones (excluding diaryl/α,β-unsaturated/α-hetero) is 1. The number of carbonyl (C=O) groups is 1. The maximum atomic E-state index is 13.5. The molecule has 0 radical (unpaired) electrons. The van der Waals surface area contributed by atoms with Crippen LogP contribution in [0.25, 0.3) is 0 Å². The van der Waals surface area contributed by atoms with E-state index in [4.69, 9.17) is 5.73 Å². The number of nitrogens with two attached hydrogens (primary N) is 1. The largest absolute Gasteiger partial charge is 0.330 e. The fraction of sp³-hybridized carbons (Fsp3) is 0.462. The number of hydrogen-bond acceptors (Lipinski definition) is 2. The van der Waals surface area contributed by atoms with Crippen LogP contribution in [0.3, 0.4) is 0 Å². The number of benzene rings is 1. The van der Waals surface area contributed by atoms with E-state index >= 15 is 0 Å². The lowest BCUT2D eigenvalue weighted by Gasteiger charge is -2.05. The van der Waals surface area contributed by atoms with Crippen molar-refractivity contribution < 1.29 is 13.6 Å². The molecule has 4 heteroatoms. The van der Waals surface area contributed by atoms with Gasteiger partial charge in [0.05, 0.1) is 5.56 Å². The Balaban J connectivity index is 2.66. The number of hydrogen-bond donors (Lipinski definition) is 1. The molecule has 0 unspecified atom stereocenters. The highest BCUT2D eigenvalue weighted by Gasteiger charge is 2.16. The standard InChI is InChI=1S/C13H17F2NO/c1-9-6-7-10(13(15)12(9)14)11(17)5-3-2-4-8-16/h6-7H,2-5,8,16H2,1H3. The third-order valence-electron chi connectivity index (χ3n) is 2.68. The van der Waals surface area contributed by atoms with Crippen molar-refractivity contribution >= 4 is 5.78 Å². The molecule has 0 aliphatic carbocycles. The quantitative estimate of drug-likeness (QED) is 0.614. The number of unbranched alkanes of at least 4 members (excludes halogenated alkanes) is 2. The molecule has 2 N–H and O–H groups in total. The fourth-order valence-electron chi connectivity index (χ4n) is 1.60. The molecule has 0 fully saturated rings. The van der Waals surface area contributed by atoms with Crippen molar-refractivity contribution in [3.8, 4) is 0 Å². The van der Waals surface area contributed by atoms with E-state index in [2.05, 4.69) is 0 Å². The van der Waals surface area contributed by atoms with Crippen LogP contribution in [0.5, 0.6) is 0 Å². The third kappa shape index (κ3) is 3.60. The molecule has 17 heavy (non-hydrogen) atoms. The summed E-state index contributed by atoms with van der Waals surface area (Å²) in [5.41, 5.74) is 5.38. The van der Waals surface area contributed by atoms with Crippen molar-refractivity contribution in [2.45, 2.75) is 32.6 Å². The van der Waals surface area contributed by atoms with Gasteiger partial charge in [-0.25, -0.2) is 8.78 Å². The Morgan fingerprint density at radius 3 is 2.53 bits per heavy atom. The molecule has 0 aliphatic heterocycles. The van der Waals surface area contributed by atoms with Crippen LogP contribution in [-0.4, -0.2) is 12.3 Å². The highest BCUT2D eigenvalue weighted by atomic mass is 19.2. The Labute approximate surface area is 99.8 Å². The smallest absolute Gasteiger partial charge is 0.169 e. The van der Waals surface area contributed by atoms with Crippen LogP contribution in [-0.2, 0) is 0 Å². The number of ketones is 1. The van der Waals surface area contributed by atoms with E-state index in [0.29, 0.717) is 13.0 Å². The third-order valence-corrected chi connectivity index (χ3v) is 2.68. The van der Waals surface area contributed by atoms with Crippen LogP contribution < -0.4 is 5.73 Å². The summed E-state index contributed by atoms with van der Waals surface area (Å²) in [5.74, 6) is -2.31. The van der Waals surface area contributed by atoms with Crippen LogP contribution in [0.15, 0.2) is 12.1 Å². The average molecular weight is 241 g/mol. The zero-order valence-corrected chi connectivity index (χ0v) is 9.93. The molecule has 1 aromatic carbocycles. The summed E-state index contributed by atoms with van der Waals surface area (Å²) < 4.78 is 26.7. The summed E-state index contributed by atoms with van der Waals surface area (Å²) in [5, 5.41) is 0. The lowest BCUT2D eigenvalue weighted by atomic mass is 10.0. The van der Waals surface area contributed by atoms with Gasteiger partial charge in [-0.3, -0.25) is 4.79 Å². The second-order valence-corrected chi connectivity index (χ2v) is 4.08. The van der Waals surface area contributed by atoms with Gasteiger partial charge in [-0.1, -0.05) is 12.5 Å². The van der Waals surface area contributed by atoms with Gasteiger partial charge in [0.15, 0.2) is 17.4 Å². The monoisotopic (exact) mass is 241 g/mol. The van der Waals surface area contributed by atoms with E-state index in [-0.39, 0.29) is 23.3 Å². The molecule has 1 rings (SSSR count). The molecule has 0 bridgehead atoms. The lowest BCUT2D eigenvalue weighted by Crippen LogP contribution is -2.06. The Morgan fingerprint density at radius 2 is 1.88 bits per heavy atom. The first-order valence-electron chi connectivity index (χ1n) is 5.75. The van der Waals surface area contributed by atoms with E-state index in [1.165, 1.54) is 19.1 Å². The van der Waals surface area contributed by atoms with Crippen molar-refractivity contribution in [2.75, 3.05) is 6.54 Å². The van der Waals surface area contributed by atoms with Gasteiger partial charge in [-0.05, 0) is 37.9 Å². The van der Waals surface area contributed by atoms with Gasteiger partial charge in [-0.2, -0.15) is 0 Å². The molecule has 0 saturated heterocycles. The van der Waals surface area contributed by atoms with Crippen molar-refractivity contribution in [2.24, 2.45) is 5.73 Å². The van der Waals surface area contributed by atoms with E-state index in [0.717, 1.165) is 12.8 Å². The van der Waals surface area contributed by atoms with Gasteiger partial charge in [0.25, 0.3) is 0 Å². The molecule has 94 valence electrons. The summed E-state index contributed by atoms with van der Waals surface area (Å²) in [4.78, 5) is 11.7. The number of rotatable bonds is 6. The maximum Gasteiger partial charge on any atom is 0.169 e. The van der Waals surface area contributed by atoms with Crippen molar-refractivity contribution in [3.05, 3.63) is 34.9 Å². The van der Waals surface area contributed by atoms with Crippen LogP contribution >= 0.6 is 0 Å². The second-order valence-electron chi connectivity index (χ2n) is 4.08. The number of halogens is 2. The fourth-order valence-corrected chi connectivity index (χ4v) is 1.60. The Hall–Kier alpha value is -1.29. The molecule has 0 aromatic heterocycles. The van der Waals surface area contributed by atoms with E-state index in [1.54, 1.807) is 0 Å². The van der Waals surface area contributed by atoms with E-state index < -0.39 is 11.6 Å². The minimum atomic E-state index is -1.03. The van der Waals surface area contributed by atoms with Gasteiger partial charge < -0.3 is 5.73 Å². The molecule has 0 saturated carbocycles. The van der Waals surface area contributed by atoms with E-state index in [9.17, 15) is 13.6 Å². The Bertz CT molecular complexity index is 405. The van der Waals surface area contributed by atoms with Crippen molar-refractivity contribution in [1.82, 2.24) is 0 Å². The molecule has 0 atom stereocenters. The highest BCUT2D eigenvalue weighted by molar-refractivity contribution is 5.96. The normalized spacial score (nSPS) is 10.6. The van der Waals surface area contributed by atoms with Gasteiger partial charge in [0.2, 0.25) is 0 Å². The highest BCUT2D eigenvalue weighted by Crippen LogP contribution is 2.18. The van der Waals surface area contributed by atoms with Gasteiger partial charge in [0.1, 0.15) is 0 Å². The minimum Gasteiger partial charge on any atom is -0.330 e. The molecule has 1 aromatic rings. The SMILES string of the molecule is Cc1ccc(C(=O)CCCCCN)c(F)c1F. The first kappa shape index (κ1) is 13.8. The summed E-state index contributed by atoms with van der Waals surface area (Å²) in [6.45, 7) is 2.05. The number of aryl methyl sites for hydroxylation is 1. The van der Waals surface area contributed by atoms with Crippen LogP contribution in [0, 0.1) is 18.6 Å². The van der Waals surface area contributed by atoms with Gasteiger partial charge >= 0.3 is 0 Å². The molecule has 0 amide bonds. The average Bonchev–Trinajstić information content (AvgIpc) is 2.31. The molecule has 0 spiro atoms. The molecular weight excluding hydrogens is 224 g/mol. The maximum absolute atomic E-state index is 13.5. The topological polar surface area (TPSA) is 43.1 Å². The predicted octanol–water partition coefficient (Wildman–Crippen LogP) is 2.98. The zero-order valence-electron chi connectivity index (χ0n) is 9.93. The summed E-state index contributed by atoms with van der Waals surface area (Å²) >= 11 is 0. The van der Waals surface area contributed by atoms with Crippen LogP contribution in [0.2, 0.25) is 0 Å². The van der Waals surface area contributed by atoms with Gasteiger partial charge in [-0.15, -0.1) is 0 Å². The first-order valence-corrected chi connectivity index (χ1v) is 5.75. The Kier molecular flexibility index (Phi) is 5.22. The van der Waals surface area contributed by atoms with E-state index in [1.807, 2.05) is 0 Å². The number of carbonyl (C=O) groups excluding carboxylic acids is 1. The minimum absolute atomic E-state index is 0.152. The van der Waals surface area contributed by atoms with Crippen molar-refractivity contribution in [1.29, 1.82) is 0 Å². The summed E-state index contributed by atoms with van der Waals surface area (Å²) in [7, 11) is 0. The summed E-state index contributed by atoms with van der Waals surface area (Å²) in [6, 6.07) is 2.77. The van der Waals surface area contributed by atoms with Crippen molar-refractivity contribution in [3.63, 3.8) is 0 Å². The van der Waals surface area contributed by atoms with Gasteiger partial charge in [0, 0.05) is 6.42 Å². The summed E-state index contributed by atoms with van der Waals surface area (Å²) in [6.07, 6.45) is 2.57. The zero-order chi connectivity index (χ0) is 12.8.